The molecule has 0 spiro atoms. The van der Waals surface area contributed by atoms with Gasteiger partial charge in [0.05, 0.1) is 13.2 Å². The Morgan fingerprint density at radius 1 is 1.11 bits per heavy atom. The van der Waals surface area contributed by atoms with Crippen LogP contribution in [0.2, 0.25) is 0 Å². The third-order valence-electron chi connectivity index (χ3n) is 4.63. The summed E-state index contributed by atoms with van der Waals surface area (Å²) >= 11 is 0. The highest BCUT2D eigenvalue weighted by molar-refractivity contribution is 5.67. The van der Waals surface area contributed by atoms with Gasteiger partial charge in [-0.15, -0.1) is 0 Å². The molecule has 0 saturated heterocycles. The number of methoxy groups -OCH3 is 1. The van der Waals surface area contributed by atoms with Crippen LogP contribution in [-0.4, -0.2) is 14.2 Å². The summed E-state index contributed by atoms with van der Waals surface area (Å²) in [5.74, 6) is 1.54. The molecule has 96 valence electrons. The van der Waals surface area contributed by atoms with Crippen LogP contribution in [0.4, 0.5) is 5.69 Å². The Labute approximate surface area is 113 Å². The zero-order chi connectivity index (χ0) is 13.0. The Kier molecular flexibility index (Phi) is 2.16. The van der Waals surface area contributed by atoms with Crippen LogP contribution in [0.3, 0.4) is 0 Å². The Morgan fingerprint density at radius 3 is 2.79 bits per heavy atom. The van der Waals surface area contributed by atoms with Crippen molar-refractivity contribution in [1.29, 1.82) is 0 Å². The number of hydrogen-bond donors (Lipinski definition) is 0. The minimum atomic E-state index is 0.498. The van der Waals surface area contributed by atoms with Crippen molar-refractivity contribution in [3.63, 3.8) is 0 Å². The number of rotatable bonds is 1. The molecule has 19 heavy (non-hydrogen) atoms. The largest absolute Gasteiger partial charge is 0.497 e. The summed E-state index contributed by atoms with van der Waals surface area (Å²) in [4.78, 5) is 2.42. The van der Waals surface area contributed by atoms with Crippen molar-refractivity contribution >= 4 is 5.69 Å². The first-order valence-electron chi connectivity index (χ1n) is 6.78. The molecule has 0 bridgehead atoms. The van der Waals surface area contributed by atoms with E-state index in [4.69, 9.17) is 4.74 Å². The monoisotopic (exact) mass is 251 g/mol. The van der Waals surface area contributed by atoms with Crippen molar-refractivity contribution in [1.82, 2.24) is 0 Å². The van der Waals surface area contributed by atoms with Gasteiger partial charge in [0.1, 0.15) is 5.75 Å². The van der Waals surface area contributed by atoms with E-state index in [1.165, 1.54) is 22.4 Å². The first-order chi connectivity index (χ1) is 9.29. The number of hydrogen-bond acceptors (Lipinski definition) is 2. The third-order valence-corrected chi connectivity index (χ3v) is 4.63. The van der Waals surface area contributed by atoms with E-state index in [0.29, 0.717) is 12.0 Å². The van der Waals surface area contributed by atoms with Crippen molar-refractivity contribution in [2.45, 2.75) is 18.4 Å². The fourth-order valence-electron chi connectivity index (χ4n) is 3.76. The molecule has 0 N–H and O–H groups in total. The van der Waals surface area contributed by atoms with E-state index in [9.17, 15) is 0 Å². The summed E-state index contributed by atoms with van der Waals surface area (Å²) in [5.41, 5.74) is 5.77. The lowest BCUT2D eigenvalue weighted by molar-refractivity contribution is 0.414. The standard InChI is InChI=1S/C17H17NO/c1-18-16-8-7-12(19-2)10-14(16)15-9-11-5-3-4-6-13(11)17(15)18/h3-8,10,15,17H,9H2,1-2H3/t15-,17-/m1/s1. The van der Waals surface area contributed by atoms with E-state index in [1.54, 1.807) is 7.11 Å². The second kappa shape index (κ2) is 3.77. The molecule has 4 rings (SSSR count). The van der Waals surface area contributed by atoms with Crippen LogP contribution >= 0.6 is 0 Å². The maximum Gasteiger partial charge on any atom is 0.119 e. The number of anilines is 1. The van der Waals surface area contributed by atoms with E-state index in [0.717, 1.165) is 12.2 Å². The number of benzene rings is 2. The normalized spacial score (nSPS) is 22.9. The molecule has 0 saturated carbocycles. The molecule has 0 amide bonds. The van der Waals surface area contributed by atoms with Gasteiger partial charge in [-0.1, -0.05) is 24.3 Å². The molecule has 2 heteroatoms. The number of ether oxygens (including phenoxy) is 1. The summed E-state index contributed by atoms with van der Waals surface area (Å²) < 4.78 is 5.38. The van der Waals surface area contributed by atoms with Crippen LogP contribution in [0.15, 0.2) is 42.5 Å². The minimum absolute atomic E-state index is 0.498. The van der Waals surface area contributed by atoms with Crippen molar-refractivity contribution in [3.05, 3.63) is 59.2 Å². The predicted octanol–water partition coefficient (Wildman–Crippen LogP) is 3.53. The average Bonchev–Trinajstić information content (AvgIpc) is 2.96. The fourth-order valence-corrected chi connectivity index (χ4v) is 3.76. The molecular formula is C17H17NO. The first kappa shape index (κ1) is 10.9. The summed E-state index contributed by atoms with van der Waals surface area (Å²) in [6, 6.07) is 15.8. The molecule has 1 aliphatic carbocycles. The predicted molar refractivity (Wildman–Crippen MR) is 77.0 cm³/mol. The van der Waals surface area contributed by atoms with Crippen LogP contribution < -0.4 is 9.64 Å². The highest BCUT2D eigenvalue weighted by Crippen LogP contribution is 2.54. The summed E-state index contributed by atoms with van der Waals surface area (Å²) in [5, 5.41) is 0. The molecule has 0 unspecified atom stereocenters. The Morgan fingerprint density at radius 2 is 1.95 bits per heavy atom. The number of nitrogens with zero attached hydrogens (tertiary/aromatic N) is 1. The van der Waals surface area contributed by atoms with Crippen LogP contribution in [-0.2, 0) is 6.42 Å². The topological polar surface area (TPSA) is 12.5 Å². The van der Waals surface area contributed by atoms with Gasteiger partial charge in [-0.05, 0) is 41.3 Å². The quantitative estimate of drug-likeness (QED) is 0.769. The lowest BCUT2D eigenvalue weighted by Crippen LogP contribution is -2.19. The maximum absolute atomic E-state index is 5.38. The molecular weight excluding hydrogens is 234 g/mol. The van der Waals surface area contributed by atoms with Gasteiger partial charge in [-0.25, -0.2) is 0 Å². The van der Waals surface area contributed by atoms with Gasteiger partial charge in [0, 0.05) is 18.7 Å². The van der Waals surface area contributed by atoms with Gasteiger partial charge in [0.25, 0.3) is 0 Å². The highest BCUT2D eigenvalue weighted by Gasteiger charge is 2.42. The van der Waals surface area contributed by atoms with Gasteiger partial charge in [-0.2, -0.15) is 0 Å². The summed E-state index contributed by atoms with van der Waals surface area (Å²) in [6.45, 7) is 0. The van der Waals surface area contributed by atoms with Crippen LogP contribution in [0.1, 0.15) is 28.7 Å². The van der Waals surface area contributed by atoms with Crippen LogP contribution in [0.5, 0.6) is 5.75 Å². The number of likely N-dealkylation sites (N-methyl/N-ethyl adjacent to an activating group) is 1. The third kappa shape index (κ3) is 1.37. The second-order valence-corrected chi connectivity index (χ2v) is 5.49. The Balaban J connectivity index is 1.86. The second-order valence-electron chi connectivity index (χ2n) is 5.49. The summed E-state index contributed by atoms with van der Waals surface area (Å²) in [6.07, 6.45) is 1.14. The average molecular weight is 251 g/mol. The molecule has 2 atom stereocenters. The SMILES string of the molecule is COc1ccc2c(c1)[C@H]1Cc3ccccc3[C@H]1N2C. The maximum atomic E-state index is 5.38. The van der Waals surface area contributed by atoms with Gasteiger partial charge >= 0.3 is 0 Å². The van der Waals surface area contributed by atoms with Crippen LogP contribution in [0.25, 0.3) is 0 Å². The van der Waals surface area contributed by atoms with Gasteiger partial charge in [0.15, 0.2) is 0 Å². The van der Waals surface area contributed by atoms with Crippen molar-refractivity contribution in [3.8, 4) is 5.75 Å². The Hall–Kier alpha value is -1.96. The minimum Gasteiger partial charge on any atom is -0.497 e. The molecule has 0 fully saturated rings. The van der Waals surface area contributed by atoms with Crippen molar-refractivity contribution < 1.29 is 4.74 Å². The lowest BCUT2D eigenvalue weighted by Gasteiger charge is -2.22. The molecule has 1 heterocycles. The number of fused-ring (bicyclic) bond motifs is 5. The van der Waals surface area contributed by atoms with Gasteiger partial charge in [0.2, 0.25) is 0 Å². The smallest absolute Gasteiger partial charge is 0.119 e. The van der Waals surface area contributed by atoms with Crippen LogP contribution in [0, 0.1) is 0 Å². The van der Waals surface area contributed by atoms with E-state index >= 15 is 0 Å². The first-order valence-corrected chi connectivity index (χ1v) is 6.78. The van der Waals surface area contributed by atoms with E-state index in [-0.39, 0.29) is 0 Å². The van der Waals surface area contributed by atoms with Gasteiger partial charge < -0.3 is 9.64 Å². The zero-order valence-electron chi connectivity index (χ0n) is 11.3. The molecule has 2 aromatic carbocycles. The fraction of sp³-hybridized carbons (Fsp3) is 0.294. The molecule has 2 aliphatic rings. The summed E-state index contributed by atoms with van der Waals surface area (Å²) in [7, 11) is 3.94. The van der Waals surface area contributed by atoms with Crippen molar-refractivity contribution in [2.75, 3.05) is 19.1 Å². The van der Waals surface area contributed by atoms with Crippen molar-refractivity contribution in [2.24, 2.45) is 0 Å². The molecule has 0 radical (unpaired) electrons. The zero-order valence-corrected chi connectivity index (χ0v) is 11.3. The molecule has 2 nitrogen and oxygen atoms in total. The molecule has 0 aromatic heterocycles. The Bertz CT molecular complexity index is 649. The highest BCUT2D eigenvalue weighted by atomic mass is 16.5. The van der Waals surface area contributed by atoms with E-state index in [1.807, 2.05) is 0 Å². The molecule has 1 aliphatic heterocycles. The molecule has 2 aromatic rings. The lowest BCUT2D eigenvalue weighted by atomic mass is 9.96. The van der Waals surface area contributed by atoms with Gasteiger partial charge in [-0.3, -0.25) is 0 Å². The van der Waals surface area contributed by atoms with E-state index < -0.39 is 0 Å². The van der Waals surface area contributed by atoms with E-state index in [2.05, 4.69) is 54.4 Å².